The highest BCUT2D eigenvalue weighted by Crippen LogP contribution is 2.28. The summed E-state index contributed by atoms with van der Waals surface area (Å²) >= 11 is 0. The van der Waals surface area contributed by atoms with Crippen LogP contribution in [0.25, 0.3) is 0 Å². The van der Waals surface area contributed by atoms with Crippen molar-refractivity contribution in [1.82, 2.24) is 15.1 Å². The van der Waals surface area contributed by atoms with E-state index in [9.17, 15) is 5.11 Å². The highest BCUT2D eigenvalue weighted by atomic mass is 16.3. The van der Waals surface area contributed by atoms with E-state index in [4.69, 9.17) is 0 Å². The zero-order valence-corrected chi connectivity index (χ0v) is 16.1. The topological polar surface area (TPSA) is 38.7 Å². The predicted octanol–water partition coefficient (Wildman–Crippen LogP) is 2.60. The van der Waals surface area contributed by atoms with Gasteiger partial charge in [0.15, 0.2) is 0 Å². The predicted molar refractivity (Wildman–Crippen MR) is 104 cm³/mol. The quantitative estimate of drug-likeness (QED) is 0.860. The molecule has 0 radical (unpaired) electrons. The van der Waals surface area contributed by atoms with Crippen LogP contribution in [0.5, 0.6) is 0 Å². The molecule has 140 valence electrons. The summed E-state index contributed by atoms with van der Waals surface area (Å²) in [5.41, 5.74) is 2.85. The second-order valence-corrected chi connectivity index (χ2v) is 8.16. The van der Waals surface area contributed by atoms with Crippen LogP contribution in [0, 0.1) is 0 Å². The lowest BCUT2D eigenvalue weighted by Crippen LogP contribution is -2.53. The van der Waals surface area contributed by atoms with Gasteiger partial charge in [-0.25, -0.2) is 0 Å². The first-order valence-corrected chi connectivity index (χ1v) is 10.0. The van der Waals surface area contributed by atoms with Crippen LogP contribution in [-0.4, -0.2) is 66.3 Å². The van der Waals surface area contributed by atoms with Gasteiger partial charge in [-0.3, -0.25) is 4.90 Å². The molecular weight excluding hydrogens is 310 g/mol. The number of nitrogens with one attached hydrogen (secondary N) is 1. The Kier molecular flexibility index (Phi) is 6.50. The van der Waals surface area contributed by atoms with Crippen LogP contribution in [0.2, 0.25) is 0 Å². The molecule has 2 aliphatic rings. The minimum Gasteiger partial charge on any atom is -0.393 e. The Morgan fingerprint density at radius 2 is 1.72 bits per heavy atom. The fourth-order valence-electron chi connectivity index (χ4n) is 4.17. The average Bonchev–Trinajstić information content (AvgIpc) is 2.62. The standard InChI is InChI=1S/C21H35N3O/c1-16(2)18-4-6-19(7-5-18)21(24-13-10-22-14-17(24)3)15-23-11-8-20(25)9-12-23/h4-7,16-17,20-22,25H,8-15H2,1-3H3. The molecular formula is C21H35N3O. The summed E-state index contributed by atoms with van der Waals surface area (Å²) in [5.74, 6) is 0.578. The molecule has 0 bridgehead atoms. The third-order valence-corrected chi connectivity index (χ3v) is 5.93. The molecule has 0 saturated carbocycles. The lowest BCUT2D eigenvalue weighted by molar-refractivity contribution is 0.0460. The lowest BCUT2D eigenvalue weighted by atomic mass is 9.96. The molecule has 2 atom stereocenters. The number of benzene rings is 1. The Balaban J connectivity index is 1.78. The zero-order valence-electron chi connectivity index (χ0n) is 16.1. The Morgan fingerprint density at radius 3 is 2.32 bits per heavy atom. The first-order chi connectivity index (χ1) is 12.0. The van der Waals surface area contributed by atoms with E-state index in [1.54, 1.807) is 0 Å². The molecule has 2 fully saturated rings. The maximum absolute atomic E-state index is 9.81. The summed E-state index contributed by atoms with van der Waals surface area (Å²) < 4.78 is 0. The molecule has 0 aliphatic carbocycles. The SMILES string of the molecule is CC(C)c1ccc(C(CN2CCC(O)CC2)N2CCNCC2C)cc1. The van der Waals surface area contributed by atoms with Crippen molar-refractivity contribution in [3.05, 3.63) is 35.4 Å². The first-order valence-electron chi connectivity index (χ1n) is 10.0. The van der Waals surface area contributed by atoms with E-state index in [1.807, 2.05) is 0 Å². The molecule has 0 spiro atoms. The summed E-state index contributed by atoms with van der Waals surface area (Å²) in [5, 5.41) is 13.3. The number of piperidine rings is 1. The molecule has 2 saturated heterocycles. The molecule has 4 heteroatoms. The number of rotatable bonds is 5. The molecule has 2 aliphatic heterocycles. The van der Waals surface area contributed by atoms with E-state index < -0.39 is 0 Å². The average molecular weight is 346 g/mol. The zero-order chi connectivity index (χ0) is 17.8. The molecule has 3 rings (SSSR count). The second kappa shape index (κ2) is 8.63. The largest absolute Gasteiger partial charge is 0.393 e. The fraction of sp³-hybridized carbons (Fsp3) is 0.714. The molecule has 2 N–H and O–H groups in total. The van der Waals surface area contributed by atoms with Gasteiger partial charge in [-0.05, 0) is 36.8 Å². The fourth-order valence-corrected chi connectivity index (χ4v) is 4.17. The summed E-state index contributed by atoms with van der Waals surface area (Å²) in [6, 6.07) is 10.3. The van der Waals surface area contributed by atoms with Crippen molar-refractivity contribution >= 4 is 0 Å². The van der Waals surface area contributed by atoms with Crippen LogP contribution < -0.4 is 5.32 Å². The first kappa shape index (κ1) is 18.8. The van der Waals surface area contributed by atoms with E-state index in [0.717, 1.165) is 52.1 Å². The Bertz CT molecular complexity index is 522. The van der Waals surface area contributed by atoms with Crippen molar-refractivity contribution in [3.8, 4) is 0 Å². The van der Waals surface area contributed by atoms with Gasteiger partial charge in [-0.15, -0.1) is 0 Å². The Hall–Kier alpha value is -0.940. The van der Waals surface area contributed by atoms with Crippen molar-refractivity contribution in [2.45, 2.75) is 57.7 Å². The van der Waals surface area contributed by atoms with Crippen molar-refractivity contribution in [2.24, 2.45) is 0 Å². The summed E-state index contributed by atoms with van der Waals surface area (Å²) in [6.07, 6.45) is 1.73. The van der Waals surface area contributed by atoms with Gasteiger partial charge < -0.3 is 15.3 Å². The van der Waals surface area contributed by atoms with Gasteiger partial charge in [-0.1, -0.05) is 38.1 Å². The number of likely N-dealkylation sites (tertiary alicyclic amines) is 1. The smallest absolute Gasteiger partial charge is 0.0564 e. The number of aliphatic hydroxyl groups excluding tert-OH is 1. The molecule has 0 amide bonds. The van der Waals surface area contributed by atoms with Gasteiger partial charge in [0, 0.05) is 51.4 Å². The van der Waals surface area contributed by atoms with Gasteiger partial charge in [-0.2, -0.15) is 0 Å². The van der Waals surface area contributed by atoms with E-state index >= 15 is 0 Å². The van der Waals surface area contributed by atoms with Crippen LogP contribution in [-0.2, 0) is 0 Å². The van der Waals surface area contributed by atoms with Crippen LogP contribution in [0.15, 0.2) is 24.3 Å². The molecule has 2 heterocycles. The third kappa shape index (κ3) is 4.82. The van der Waals surface area contributed by atoms with Gasteiger partial charge in [0.2, 0.25) is 0 Å². The molecule has 1 aromatic carbocycles. The van der Waals surface area contributed by atoms with Gasteiger partial charge >= 0.3 is 0 Å². The normalized spacial score (nSPS) is 25.4. The molecule has 1 aromatic rings. The molecule has 25 heavy (non-hydrogen) atoms. The monoisotopic (exact) mass is 345 g/mol. The maximum atomic E-state index is 9.81. The summed E-state index contributed by atoms with van der Waals surface area (Å²) in [7, 11) is 0. The minimum absolute atomic E-state index is 0.0989. The molecule has 0 aromatic heterocycles. The van der Waals surface area contributed by atoms with Crippen molar-refractivity contribution < 1.29 is 5.11 Å². The number of hydrogen-bond donors (Lipinski definition) is 2. The second-order valence-electron chi connectivity index (χ2n) is 8.16. The van der Waals surface area contributed by atoms with Crippen LogP contribution in [0.4, 0.5) is 0 Å². The molecule has 2 unspecified atom stereocenters. The minimum atomic E-state index is -0.0989. The van der Waals surface area contributed by atoms with Gasteiger partial charge in [0.25, 0.3) is 0 Å². The lowest BCUT2D eigenvalue weighted by Gasteiger charge is -2.43. The van der Waals surface area contributed by atoms with E-state index in [0.29, 0.717) is 18.0 Å². The number of piperazine rings is 1. The third-order valence-electron chi connectivity index (χ3n) is 5.93. The van der Waals surface area contributed by atoms with E-state index in [2.05, 4.69) is 60.2 Å². The van der Waals surface area contributed by atoms with Crippen LogP contribution >= 0.6 is 0 Å². The highest BCUT2D eigenvalue weighted by molar-refractivity contribution is 5.27. The molecule has 4 nitrogen and oxygen atoms in total. The van der Waals surface area contributed by atoms with Crippen molar-refractivity contribution in [1.29, 1.82) is 0 Å². The van der Waals surface area contributed by atoms with Crippen LogP contribution in [0.3, 0.4) is 0 Å². The van der Waals surface area contributed by atoms with Crippen LogP contribution in [0.1, 0.15) is 56.7 Å². The van der Waals surface area contributed by atoms with Gasteiger partial charge in [0.05, 0.1) is 6.10 Å². The Morgan fingerprint density at radius 1 is 1.08 bits per heavy atom. The number of hydrogen-bond acceptors (Lipinski definition) is 4. The summed E-state index contributed by atoms with van der Waals surface area (Å²) in [6.45, 7) is 13.2. The van der Waals surface area contributed by atoms with Crippen molar-refractivity contribution in [2.75, 3.05) is 39.3 Å². The Labute approximate surface area is 153 Å². The highest BCUT2D eigenvalue weighted by Gasteiger charge is 2.30. The van der Waals surface area contributed by atoms with E-state index in [1.165, 1.54) is 11.1 Å². The van der Waals surface area contributed by atoms with E-state index in [-0.39, 0.29) is 6.10 Å². The number of nitrogens with zero attached hydrogens (tertiary/aromatic N) is 2. The van der Waals surface area contributed by atoms with Crippen molar-refractivity contribution in [3.63, 3.8) is 0 Å². The maximum Gasteiger partial charge on any atom is 0.0564 e. The summed E-state index contributed by atoms with van der Waals surface area (Å²) in [4.78, 5) is 5.22. The number of aliphatic hydroxyl groups is 1. The van der Waals surface area contributed by atoms with Gasteiger partial charge in [0.1, 0.15) is 0 Å².